The molecule has 0 aromatic heterocycles. The first kappa shape index (κ1) is 19.0. The van der Waals surface area contributed by atoms with Gasteiger partial charge in [0.15, 0.2) is 5.96 Å². The van der Waals surface area contributed by atoms with E-state index in [2.05, 4.69) is 15.6 Å². The molecule has 0 fully saturated rings. The Morgan fingerprint density at radius 2 is 2.05 bits per heavy atom. The predicted octanol–water partition coefficient (Wildman–Crippen LogP) is 2.01. The second-order valence-electron chi connectivity index (χ2n) is 3.97. The minimum atomic E-state index is 0. The Balaban J connectivity index is 0.00000361. The number of nitrogens with one attached hydrogen (secondary N) is 2. The van der Waals surface area contributed by atoms with E-state index in [0.29, 0.717) is 13.2 Å². The summed E-state index contributed by atoms with van der Waals surface area (Å²) < 4.78 is 10.2. The summed E-state index contributed by atoms with van der Waals surface area (Å²) in [5.74, 6) is 1.65. The summed E-state index contributed by atoms with van der Waals surface area (Å²) in [5, 5.41) is 6.40. The Morgan fingerprint density at radius 3 is 2.70 bits per heavy atom. The molecule has 0 saturated heterocycles. The van der Waals surface area contributed by atoms with Crippen molar-refractivity contribution in [2.75, 3.05) is 33.9 Å². The van der Waals surface area contributed by atoms with Crippen LogP contribution in [0.25, 0.3) is 0 Å². The molecule has 0 heterocycles. The highest BCUT2D eigenvalue weighted by Gasteiger charge is 1.98. The summed E-state index contributed by atoms with van der Waals surface area (Å²) in [4.78, 5) is 4.51. The SMILES string of the molecule is CCNC(=NCc1cccc(OC)c1)NCCOC.I. The highest BCUT2D eigenvalue weighted by atomic mass is 127. The van der Waals surface area contributed by atoms with Gasteiger partial charge in [-0.3, -0.25) is 0 Å². The second kappa shape index (κ2) is 11.8. The number of hydrogen-bond acceptors (Lipinski definition) is 3. The van der Waals surface area contributed by atoms with Gasteiger partial charge in [-0.15, -0.1) is 24.0 Å². The molecule has 6 heteroatoms. The van der Waals surface area contributed by atoms with Crippen LogP contribution in [0.15, 0.2) is 29.3 Å². The zero-order valence-electron chi connectivity index (χ0n) is 12.3. The van der Waals surface area contributed by atoms with E-state index in [4.69, 9.17) is 9.47 Å². The lowest BCUT2D eigenvalue weighted by Crippen LogP contribution is -2.38. The molecule has 0 atom stereocenters. The number of ether oxygens (including phenoxy) is 2. The molecule has 1 aromatic rings. The molecule has 5 nitrogen and oxygen atoms in total. The molecule has 0 bridgehead atoms. The van der Waals surface area contributed by atoms with Crippen LogP contribution >= 0.6 is 24.0 Å². The summed E-state index contributed by atoms with van der Waals surface area (Å²) in [6, 6.07) is 7.91. The number of methoxy groups -OCH3 is 2. The highest BCUT2D eigenvalue weighted by molar-refractivity contribution is 14.0. The maximum absolute atomic E-state index is 5.19. The van der Waals surface area contributed by atoms with Gasteiger partial charge in [0.1, 0.15) is 5.75 Å². The Labute approximate surface area is 138 Å². The summed E-state index contributed by atoms with van der Waals surface area (Å²) in [6.07, 6.45) is 0. The van der Waals surface area contributed by atoms with E-state index in [1.807, 2.05) is 31.2 Å². The maximum Gasteiger partial charge on any atom is 0.191 e. The molecule has 0 spiro atoms. The number of nitrogens with zero attached hydrogens (tertiary/aromatic N) is 1. The minimum Gasteiger partial charge on any atom is -0.497 e. The molecule has 0 radical (unpaired) electrons. The zero-order valence-corrected chi connectivity index (χ0v) is 14.6. The van der Waals surface area contributed by atoms with Gasteiger partial charge in [-0.2, -0.15) is 0 Å². The van der Waals surface area contributed by atoms with E-state index in [1.54, 1.807) is 14.2 Å². The largest absolute Gasteiger partial charge is 0.497 e. The predicted molar refractivity (Wildman–Crippen MR) is 93.1 cm³/mol. The molecular weight excluding hydrogens is 369 g/mol. The lowest BCUT2D eigenvalue weighted by atomic mass is 10.2. The molecule has 114 valence electrons. The highest BCUT2D eigenvalue weighted by Crippen LogP contribution is 2.12. The van der Waals surface area contributed by atoms with Crippen molar-refractivity contribution in [3.8, 4) is 5.75 Å². The van der Waals surface area contributed by atoms with Crippen molar-refractivity contribution in [1.82, 2.24) is 10.6 Å². The molecular formula is C14H24IN3O2. The molecule has 1 aromatic carbocycles. The van der Waals surface area contributed by atoms with Crippen LogP contribution in [0.4, 0.5) is 0 Å². The van der Waals surface area contributed by atoms with Crippen molar-refractivity contribution in [2.45, 2.75) is 13.5 Å². The Bertz CT molecular complexity index is 400. The van der Waals surface area contributed by atoms with Crippen LogP contribution < -0.4 is 15.4 Å². The Kier molecular flexibility index (Phi) is 11.2. The third kappa shape index (κ3) is 7.54. The van der Waals surface area contributed by atoms with Crippen molar-refractivity contribution >= 4 is 29.9 Å². The first-order valence-corrected chi connectivity index (χ1v) is 6.44. The van der Waals surface area contributed by atoms with Crippen molar-refractivity contribution in [3.63, 3.8) is 0 Å². The number of guanidine groups is 1. The van der Waals surface area contributed by atoms with Gasteiger partial charge < -0.3 is 20.1 Å². The number of rotatable bonds is 7. The summed E-state index contributed by atoms with van der Waals surface area (Å²) >= 11 is 0. The zero-order chi connectivity index (χ0) is 13.9. The van der Waals surface area contributed by atoms with Gasteiger partial charge in [-0.1, -0.05) is 12.1 Å². The maximum atomic E-state index is 5.19. The number of halogens is 1. The van der Waals surface area contributed by atoms with E-state index in [1.165, 1.54) is 0 Å². The average molecular weight is 393 g/mol. The Hall–Kier alpha value is -1.02. The van der Waals surface area contributed by atoms with Gasteiger partial charge in [0.2, 0.25) is 0 Å². The molecule has 1 rings (SSSR count). The Morgan fingerprint density at radius 1 is 1.25 bits per heavy atom. The third-order valence-corrected chi connectivity index (χ3v) is 2.50. The van der Waals surface area contributed by atoms with Gasteiger partial charge >= 0.3 is 0 Å². The van der Waals surface area contributed by atoms with Crippen LogP contribution in [0, 0.1) is 0 Å². The second-order valence-corrected chi connectivity index (χ2v) is 3.97. The first-order chi connectivity index (χ1) is 9.30. The normalized spacial score (nSPS) is 10.7. The van der Waals surface area contributed by atoms with Crippen LogP contribution in [-0.4, -0.2) is 39.9 Å². The van der Waals surface area contributed by atoms with Crippen LogP contribution in [-0.2, 0) is 11.3 Å². The molecule has 0 unspecified atom stereocenters. The van der Waals surface area contributed by atoms with Gasteiger partial charge in [0.25, 0.3) is 0 Å². The summed E-state index contributed by atoms with van der Waals surface area (Å²) in [7, 11) is 3.35. The van der Waals surface area contributed by atoms with Crippen LogP contribution in [0.3, 0.4) is 0 Å². The quantitative estimate of drug-likeness (QED) is 0.322. The monoisotopic (exact) mass is 393 g/mol. The van der Waals surface area contributed by atoms with Gasteiger partial charge in [-0.25, -0.2) is 4.99 Å². The van der Waals surface area contributed by atoms with E-state index >= 15 is 0 Å². The van der Waals surface area contributed by atoms with Crippen LogP contribution in [0.5, 0.6) is 5.75 Å². The van der Waals surface area contributed by atoms with Gasteiger partial charge in [0, 0.05) is 20.2 Å². The molecule has 0 aliphatic heterocycles. The summed E-state index contributed by atoms with van der Waals surface area (Å²) in [5.41, 5.74) is 1.11. The van der Waals surface area contributed by atoms with Crippen LogP contribution in [0.2, 0.25) is 0 Å². The van der Waals surface area contributed by atoms with E-state index in [0.717, 1.165) is 30.4 Å². The van der Waals surface area contributed by atoms with E-state index in [-0.39, 0.29) is 24.0 Å². The third-order valence-electron chi connectivity index (χ3n) is 2.50. The molecule has 0 amide bonds. The van der Waals surface area contributed by atoms with E-state index < -0.39 is 0 Å². The molecule has 20 heavy (non-hydrogen) atoms. The molecule has 0 aliphatic carbocycles. The minimum absolute atomic E-state index is 0. The number of aliphatic imine (C=N–C) groups is 1. The average Bonchev–Trinajstić information content (AvgIpc) is 2.45. The summed E-state index contributed by atoms with van der Waals surface area (Å²) in [6.45, 7) is 4.87. The number of benzene rings is 1. The molecule has 0 saturated carbocycles. The van der Waals surface area contributed by atoms with Crippen molar-refractivity contribution < 1.29 is 9.47 Å². The van der Waals surface area contributed by atoms with Gasteiger partial charge in [-0.05, 0) is 24.6 Å². The van der Waals surface area contributed by atoms with E-state index in [9.17, 15) is 0 Å². The fourth-order valence-electron chi connectivity index (χ4n) is 1.55. The lowest BCUT2D eigenvalue weighted by molar-refractivity contribution is 0.203. The fourth-order valence-corrected chi connectivity index (χ4v) is 1.55. The standard InChI is InChI=1S/C14H23N3O2.HI/c1-4-15-14(16-8-9-18-2)17-11-12-6-5-7-13(10-12)19-3;/h5-7,10H,4,8-9,11H2,1-3H3,(H2,15,16,17);1H. The first-order valence-electron chi connectivity index (χ1n) is 6.44. The van der Waals surface area contributed by atoms with Gasteiger partial charge in [0.05, 0.1) is 20.3 Å². The fraction of sp³-hybridized carbons (Fsp3) is 0.500. The molecule has 2 N–H and O–H groups in total. The smallest absolute Gasteiger partial charge is 0.191 e. The van der Waals surface area contributed by atoms with Crippen LogP contribution in [0.1, 0.15) is 12.5 Å². The van der Waals surface area contributed by atoms with Crippen molar-refractivity contribution in [1.29, 1.82) is 0 Å². The van der Waals surface area contributed by atoms with Crippen molar-refractivity contribution in [2.24, 2.45) is 4.99 Å². The molecule has 0 aliphatic rings. The lowest BCUT2D eigenvalue weighted by Gasteiger charge is -2.10. The topological polar surface area (TPSA) is 54.9 Å². The van der Waals surface area contributed by atoms with Crippen molar-refractivity contribution in [3.05, 3.63) is 29.8 Å². The number of hydrogen-bond donors (Lipinski definition) is 2.